The van der Waals surface area contributed by atoms with E-state index < -0.39 is 9.84 Å². The Balaban J connectivity index is 0.00000261. The van der Waals surface area contributed by atoms with Gasteiger partial charge in [-0.3, -0.25) is 4.99 Å². The highest BCUT2D eigenvalue weighted by molar-refractivity contribution is 14.0. The lowest BCUT2D eigenvalue weighted by atomic mass is 9.96. The number of nitrogens with one attached hydrogen (secondary N) is 2. The van der Waals surface area contributed by atoms with Crippen LogP contribution >= 0.6 is 39.9 Å². The minimum Gasteiger partial charge on any atom is -0.357 e. The van der Waals surface area contributed by atoms with Crippen LogP contribution in [0.3, 0.4) is 0 Å². The van der Waals surface area contributed by atoms with E-state index in [1.165, 1.54) is 24.7 Å². The standard InChI is InChI=1S/C19H28BrN3O2S.HI/c1-3-21-17(22-12-18(8-9-18)14-26(2,24)25)23-13-19(10-11-19)15-6-4-5-7-16(15)20;/h4-7H,3,8-14H2,1-2H3,(H2,21,22,23);1H. The molecule has 8 heteroatoms. The summed E-state index contributed by atoms with van der Waals surface area (Å²) in [6.07, 6.45) is 5.54. The maximum Gasteiger partial charge on any atom is 0.191 e. The second-order valence-corrected chi connectivity index (χ2v) is 10.9. The molecule has 5 nitrogen and oxygen atoms in total. The van der Waals surface area contributed by atoms with E-state index in [1.807, 2.05) is 13.0 Å². The Kier molecular flexibility index (Phi) is 7.63. The summed E-state index contributed by atoms with van der Waals surface area (Å²) in [7, 11) is -2.96. The van der Waals surface area contributed by atoms with Gasteiger partial charge in [0.25, 0.3) is 0 Å². The molecule has 2 saturated carbocycles. The molecular weight excluding hydrogens is 541 g/mol. The largest absolute Gasteiger partial charge is 0.357 e. The zero-order chi connectivity index (χ0) is 18.8. The molecule has 0 heterocycles. The normalized spacial score (nSPS) is 19.7. The zero-order valence-electron chi connectivity index (χ0n) is 15.9. The molecule has 0 aliphatic heterocycles. The topological polar surface area (TPSA) is 70.6 Å². The van der Waals surface area contributed by atoms with Gasteiger partial charge in [0.2, 0.25) is 0 Å². The van der Waals surface area contributed by atoms with E-state index in [9.17, 15) is 8.42 Å². The number of aliphatic imine (C=N–C) groups is 1. The molecule has 1 aromatic carbocycles. The van der Waals surface area contributed by atoms with Crippen molar-refractivity contribution in [2.75, 3.05) is 31.6 Å². The Morgan fingerprint density at radius 2 is 1.85 bits per heavy atom. The van der Waals surface area contributed by atoms with Gasteiger partial charge in [-0.1, -0.05) is 34.1 Å². The van der Waals surface area contributed by atoms with Gasteiger partial charge in [0.05, 0.1) is 5.75 Å². The van der Waals surface area contributed by atoms with Crippen molar-refractivity contribution in [2.45, 2.75) is 38.0 Å². The van der Waals surface area contributed by atoms with Gasteiger partial charge in [0.1, 0.15) is 9.84 Å². The molecule has 2 fully saturated rings. The molecular formula is C19H29BrIN3O2S. The highest BCUT2D eigenvalue weighted by Crippen LogP contribution is 2.50. The van der Waals surface area contributed by atoms with E-state index in [0.717, 1.165) is 36.4 Å². The molecule has 0 aromatic heterocycles. The first-order valence-electron chi connectivity index (χ1n) is 9.23. The third-order valence-corrected chi connectivity index (χ3v) is 7.16. The molecule has 152 valence electrons. The average molecular weight is 570 g/mol. The van der Waals surface area contributed by atoms with E-state index in [-0.39, 0.29) is 40.6 Å². The van der Waals surface area contributed by atoms with Crippen LogP contribution < -0.4 is 10.6 Å². The predicted octanol–water partition coefficient (Wildman–Crippen LogP) is 3.48. The fraction of sp³-hybridized carbons (Fsp3) is 0.632. The lowest BCUT2D eigenvalue weighted by molar-refractivity contribution is 0.549. The lowest BCUT2D eigenvalue weighted by Crippen LogP contribution is -2.41. The summed E-state index contributed by atoms with van der Waals surface area (Å²) in [6, 6.07) is 8.41. The van der Waals surface area contributed by atoms with Crippen LogP contribution in [0.25, 0.3) is 0 Å². The first-order valence-corrected chi connectivity index (χ1v) is 12.1. The Labute approximate surface area is 188 Å². The third kappa shape index (κ3) is 6.32. The van der Waals surface area contributed by atoms with Gasteiger partial charge in [-0.25, -0.2) is 8.42 Å². The van der Waals surface area contributed by atoms with Crippen LogP contribution in [0.15, 0.2) is 33.7 Å². The van der Waals surface area contributed by atoms with Gasteiger partial charge in [-0.2, -0.15) is 0 Å². The Morgan fingerprint density at radius 3 is 2.37 bits per heavy atom. The summed E-state index contributed by atoms with van der Waals surface area (Å²) in [6.45, 7) is 4.23. The van der Waals surface area contributed by atoms with Crippen LogP contribution in [0.1, 0.15) is 38.2 Å². The summed E-state index contributed by atoms with van der Waals surface area (Å²) in [5.41, 5.74) is 1.37. The fourth-order valence-corrected chi connectivity index (χ4v) is 5.70. The highest BCUT2D eigenvalue weighted by Gasteiger charge is 2.46. The van der Waals surface area contributed by atoms with Crippen LogP contribution in [0.4, 0.5) is 0 Å². The summed E-state index contributed by atoms with van der Waals surface area (Å²) >= 11 is 3.67. The number of sulfone groups is 1. The predicted molar refractivity (Wildman–Crippen MR) is 126 cm³/mol. The number of hydrogen-bond acceptors (Lipinski definition) is 3. The van der Waals surface area contributed by atoms with E-state index in [1.54, 1.807) is 0 Å². The summed E-state index contributed by atoms with van der Waals surface area (Å²) < 4.78 is 24.4. The molecule has 27 heavy (non-hydrogen) atoms. The van der Waals surface area contributed by atoms with Crippen LogP contribution in [0.2, 0.25) is 0 Å². The summed E-state index contributed by atoms with van der Waals surface area (Å²) in [4.78, 5) is 4.70. The van der Waals surface area contributed by atoms with E-state index in [0.29, 0.717) is 6.54 Å². The molecule has 2 aliphatic rings. The zero-order valence-corrected chi connectivity index (χ0v) is 20.7. The smallest absolute Gasteiger partial charge is 0.191 e. The maximum absolute atomic E-state index is 11.6. The first kappa shape index (κ1) is 22.9. The average Bonchev–Trinajstić information content (AvgIpc) is 3.47. The minimum absolute atomic E-state index is 0. The molecule has 0 radical (unpaired) electrons. The molecule has 0 bridgehead atoms. The molecule has 3 rings (SSSR count). The van der Waals surface area contributed by atoms with Crippen molar-refractivity contribution < 1.29 is 8.42 Å². The molecule has 2 aliphatic carbocycles. The number of guanidine groups is 1. The minimum atomic E-state index is -2.96. The van der Waals surface area contributed by atoms with Crippen LogP contribution in [0, 0.1) is 5.41 Å². The third-order valence-electron chi connectivity index (χ3n) is 5.34. The highest BCUT2D eigenvalue weighted by atomic mass is 127. The summed E-state index contributed by atoms with van der Waals surface area (Å²) in [5.74, 6) is 1.02. The molecule has 0 saturated heterocycles. The second kappa shape index (κ2) is 8.98. The fourth-order valence-electron chi connectivity index (χ4n) is 3.51. The van der Waals surface area contributed by atoms with Gasteiger partial charge >= 0.3 is 0 Å². The van der Waals surface area contributed by atoms with Crippen molar-refractivity contribution >= 4 is 55.7 Å². The van der Waals surface area contributed by atoms with Gasteiger partial charge in [0, 0.05) is 41.2 Å². The first-order chi connectivity index (χ1) is 12.3. The van der Waals surface area contributed by atoms with Crippen molar-refractivity contribution in [3.8, 4) is 0 Å². The van der Waals surface area contributed by atoms with E-state index in [2.05, 4.69) is 44.8 Å². The number of benzene rings is 1. The number of nitrogens with zero attached hydrogens (tertiary/aromatic N) is 1. The van der Waals surface area contributed by atoms with Gasteiger partial charge in [0.15, 0.2) is 5.96 Å². The molecule has 1 aromatic rings. The lowest BCUT2D eigenvalue weighted by Gasteiger charge is -2.21. The number of hydrogen-bond donors (Lipinski definition) is 2. The molecule has 0 amide bonds. The van der Waals surface area contributed by atoms with Crippen LogP contribution in [0.5, 0.6) is 0 Å². The van der Waals surface area contributed by atoms with Crippen molar-refractivity contribution in [3.63, 3.8) is 0 Å². The van der Waals surface area contributed by atoms with E-state index >= 15 is 0 Å². The Hall–Kier alpha value is -0.350. The Morgan fingerprint density at radius 1 is 1.19 bits per heavy atom. The Bertz CT molecular complexity index is 790. The van der Waals surface area contributed by atoms with Gasteiger partial charge in [-0.15, -0.1) is 24.0 Å². The van der Waals surface area contributed by atoms with Crippen molar-refractivity contribution in [2.24, 2.45) is 10.4 Å². The number of rotatable bonds is 8. The van der Waals surface area contributed by atoms with E-state index in [4.69, 9.17) is 4.99 Å². The monoisotopic (exact) mass is 569 g/mol. The molecule has 0 atom stereocenters. The molecule has 0 unspecified atom stereocenters. The van der Waals surface area contributed by atoms with Crippen LogP contribution in [-0.2, 0) is 15.3 Å². The van der Waals surface area contributed by atoms with Gasteiger partial charge in [-0.05, 0) is 44.2 Å². The molecule has 0 spiro atoms. The van der Waals surface area contributed by atoms with Crippen molar-refractivity contribution in [1.29, 1.82) is 0 Å². The maximum atomic E-state index is 11.6. The SMILES string of the molecule is CCNC(=NCC1(CS(C)(=O)=O)CC1)NCC1(c2ccccc2Br)CC1.I. The number of halogens is 2. The van der Waals surface area contributed by atoms with Crippen LogP contribution in [-0.4, -0.2) is 46.0 Å². The quantitative estimate of drug-likeness (QED) is 0.286. The summed E-state index contributed by atoms with van der Waals surface area (Å²) in [5, 5.41) is 6.77. The van der Waals surface area contributed by atoms with Gasteiger partial charge < -0.3 is 10.6 Å². The second-order valence-electron chi connectivity index (χ2n) is 7.88. The van der Waals surface area contributed by atoms with Crippen molar-refractivity contribution in [1.82, 2.24) is 10.6 Å². The van der Waals surface area contributed by atoms with Crippen molar-refractivity contribution in [3.05, 3.63) is 34.3 Å². The molecule has 2 N–H and O–H groups in total.